The molecule has 0 aliphatic heterocycles. The van der Waals surface area contributed by atoms with E-state index in [-0.39, 0.29) is 12.3 Å². The van der Waals surface area contributed by atoms with Crippen LogP contribution in [0.5, 0.6) is 5.75 Å². The Labute approximate surface area is 127 Å². The van der Waals surface area contributed by atoms with Gasteiger partial charge in [-0.2, -0.15) is 0 Å². The van der Waals surface area contributed by atoms with E-state index < -0.39 is 11.6 Å². The second-order valence-electron chi connectivity index (χ2n) is 4.55. The van der Waals surface area contributed by atoms with Crippen LogP contribution in [0.2, 0.25) is 0 Å². The van der Waals surface area contributed by atoms with Gasteiger partial charge >= 0.3 is 0 Å². The van der Waals surface area contributed by atoms with Gasteiger partial charge in [-0.05, 0) is 30.3 Å². The van der Waals surface area contributed by atoms with E-state index in [4.69, 9.17) is 4.74 Å². The summed E-state index contributed by atoms with van der Waals surface area (Å²) in [4.78, 5) is 11.9. The van der Waals surface area contributed by atoms with Gasteiger partial charge in [0.25, 0.3) is 0 Å². The van der Waals surface area contributed by atoms with Crippen LogP contribution in [0.4, 0.5) is 20.2 Å². The lowest BCUT2D eigenvalue weighted by atomic mass is 10.2. The minimum absolute atomic E-state index is 0.178. The van der Waals surface area contributed by atoms with Crippen molar-refractivity contribution in [2.75, 3.05) is 24.3 Å². The van der Waals surface area contributed by atoms with Crippen LogP contribution in [0.25, 0.3) is 0 Å². The van der Waals surface area contributed by atoms with E-state index in [9.17, 15) is 13.6 Å². The Kier molecular flexibility index (Phi) is 5.30. The number of anilines is 2. The molecule has 0 atom stereocenters. The average molecular weight is 306 g/mol. The molecule has 2 aromatic carbocycles. The van der Waals surface area contributed by atoms with Crippen molar-refractivity contribution in [3.8, 4) is 5.75 Å². The van der Waals surface area contributed by atoms with Crippen molar-refractivity contribution in [1.29, 1.82) is 0 Å². The number of hydrogen-bond acceptors (Lipinski definition) is 3. The number of methoxy groups -OCH3 is 1. The summed E-state index contributed by atoms with van der Waals surface area (Å²) in [5.74, 6) is -1.47. The predicted molar refractivity (Wildman–Crippen MR) is 81.1 cm³/mol. The Morgan fingerprint density at radius 2 is 1.91 bits per heavy atom. The van der Waals surface area contributed by atoms with Crippen LogP contribution in [0.1, 0.15) is 6.42 Å². The van der Waals surface area contributed by atoms with E-state index in [0.717, 1.165) is 12.1 Å². The Bertz CT molecular complexity index is 662. The van der Waals surface area contributed by atoms with Crippen LogP contribution in [0.3, 0.4) is 0 Å². The highest BCUT2D eigenvalue weighted by molar-refractivity contribution is 5.92. The summed E-state index contributed by atoms with van der Waals surface area (Å²) in [6.07, 6.45) is 0.178. The zero-order valence-electron chi connectivity index (χ0n) is 12.0. The number of amides is 1. The van der Waals surface area contributed by atoms with E-state index >= 15 is 0 Å². The number of carbonyl (C=O) groups excluding carboxylic acids is 1. The molecule has 2 N–H and O–H groups in total. The lowest BCUT2D eigenvalue weighted by Crippen LogP contribution is -2.16. The van der Waals surface area contributed by atoms with Crippen molar-refractivity contribution in [3.63, 3.8) is 0 Å². The first-order chi connectivity index (χ1) is 10.6. The van der Waals surface area contributed by atoms with Gasteiger partial charge in [0.1, 0.15) is 5.75 Å². The molecule has 0 radical (unpaired) electrons. The Hall–Kier alpha value is -2.63. The molecule has 0 fully saturated rings. The molecule has 2 rings (SSSR count). The topological polar surface area (TPSA) is 50.4 Å². The summed E-state index contributed by atoms with van der Waals surface area (Å²) in [7, 11) is 1.52. The Morgan fingerprint density at radius 1 is 1.14 bits per heavy atom. The fraction of sp³-hybridized carbons (Fsp3) is 0.188. The van der Waals surface area contributed by atoms with Crippen molar-refractivity contribution in [2.24, 2.45) is 0 Å². The monoisotopic (exact) mass is 306 g/mol. The molecule has 0 unspecified atom stereocenters. The molecular weight excluding hydrogens is 290 g/mol. The third kappa shape index (κ3) is 4.18. The molecule has 0 aromatic heterocycles. The van der Waals surface area contributed by atoms with Gasteiger partial charge in [-0.15, -0.1) is 0 Å². The molecule has 0 saturated carbocycles. The quantitative estimate of drug-likeness (QED) is 0.860. The molecule has 22 heavy (non-hydrogen) atoms. The van der Waals surface area contributed by atoms with Crippen LogP contribution < -0.4 is 15.4 Å². The van der Waals surface area contributed by atoms with Gasteiger partial charge in [0.15, 0.2) is 11.6 Å². The van der Waals surface area contributed by atoms with Crippen molar-refractivity contribution >= 4 is 17.3 Å². The summed E-state index contributed by atoms with van der Waals surface area (Å²) in [5.41, 5.74) is 1.01. The van der Waals surface area contributed by atoms with Crippen LogP contribution in [0, 0.1) is 11.6 Å². The number of rotatable bonds is 6. The number of para-hydroxylation sites is 2. The third-order valence-corrected chi connectivity index (χ3v) is 2.98. The number of hydrogen-bond donors (Lipinski definition) is 2. The fourth-order valence-electron chi connectivity index (χ4n) is 1.89. The van der Waals surface area contributed by atoms with E-state index in [1.807, 2.05) is 0 Å². The smallest absolute Gasteiger partial charge is 0.226 e. The highest BCUT2D eigenvalue weighted by Crippen LogP contribution is 2.23. The van der Waals surface area contributed by atoms with Crippen molar-refractivity contribution in [1.82, 2.24) is 0 Å². The highest BCUT2D eigenvalue weighted by atomic mass is 19.2. The van der Waals surface area contributed by atoms with Gasteiger partial charge in [-0.1, -0.05) is 12.1 Å². The van der Waals surface area contributed by atoms with Gasteiger partial charge in [0.2, 0.25) is 5.91 Å². The van der Waals surface area contributed by atoms with Crippen molar-refractivity contribution < 1.29 is 18.3 Å². The molecule has 0 bridgehead atoms. The Morgan fingerprint density at radius 3 is 2.64 bits per heavy atom. The standard InChI is InChI=1S/C16H16F2N2O2/c1-22-15-5-3-2-4-14(15)20-16(21)8-9-19-11-6-7-12(17)13(18)10-11/h2-7,10,19H,8-9H2,1H3,(H,20,21). The summed E-state index contributed by atoms with van der Waals surface area (Å²) in [6, 6.07) is 10.6. The molecule has 0 heterocycles. The van der Waals surface area contributed by atoms with Crippen LogP contribution in [-0.4, -0.2) is 19.6 Å². The zero-order chi connectivity index (χ0) is 15.9. The Balaban J connectivity index is 1.84. The number of benzene rings is 2. The van der Waals surface area contributed by atoms with Gasteiger partial charge in [-0.25, -0.2) is 8.78 Å². The minimum Gasteiger partial charge on any atom is -0.495 e. The maximum absolute atomic E-state index is 13.0. The van der Waals surface area contributed by atoms with E-state index in [2.05, 4.69) is 10.6 Å². The molecule has 0 aliphatic rings. The van der Waals surface area contributed by atoms with E-state index in [0.29, 0.717) is 23.7 Å². The largest absolute Gasteiger partial charge is 0.495 e. The first-order valence-electron chi connectivity index (χ1n) is 6.72. The van der Waals surface area contributed by atoms with Gasteiger partial charge in [-0.3, -0.25) is 4.79 Å². The van der Waals surface area contributed by atoms with Gasteiger partial charge in [0.05, 0.1) is 12.8 Å². The summed E-state index contributed by atoms with van der Waals surface area (Å²) >= 11 is 0. The average Bonchev–Trinajstić information content (AvgIpc) is 2.51. The van der Waals surface area contributed by atoms with Crippen LogP contribution in [0.15, 0.2) is 42.5 Å². The lowest BCUT2D eigenvalue weighted by molar-refractivity contribution is -0.116. The van der Waals surface area contributed by atoms with Gasteiger partial charge in [0, 0.05) is 18.7 Å². The van der Waals surface area contributed by atoms with Crippen LogP contribution >= 0.6 is 0 Å². The molecular formula is C16H16F2N2O2. The summed E-state index contributed by atoms with van der Waals surface area (Å²) in [6.45, 7) is 0.298. The summed E-state index contributed by atoms with van der Waals surface area (Å²) in [5, 5.41) is 5.59. The third-order valence-electron chi connectivity index (χ3n) is 2.98. The van der Waals surface area contributed by atoms with Crippen molar-refractivity contribution in [2.45, 2.75) is 6.42 Å². The predicted octanol–water partition coefficient (Wildman–Crippen LogP) is 3.41. The maximum atomic E-state index is 13.0. The number of carbonyl (C=O) groups is 1. The molecule has 2 aromatic rings. The van der Waals surface area contributed by atoms with E-state index in [1.165, 1.54) is 13.2 Å². The number of halogens is 2. The summed E-state index contributed by atoms with van der Waals surface area (Å²) < 4.78 is 30.9. The highest BCUT2D eigenvalue weighted by Gasteiger charge is 2.07. The molecule has 0 spiro atoms. The molecule has 116 valence electrons. The SMILES string of the molecule is COc1ccccc1NC(=O)CCNc1ccc(F)c(F)c1. The molecule has 0 saturated heterocycles. The molecule has 6 heteroatoms. The normalized spacial score (nSPS) is 10.1. The first kappa shape index (κ1) is 15.8. The fourth-order valence-corrected chi connectivity index (χ4v) is 1.89. The first-order valence-corrected chi connectivity index (χ1v) is 6.72. The second kappa shape index (κ2) is 7.40. The molecule has 4 nitrogen and oxygen atoms in total. The molecule has 0 aliphatic carbocycles. The number of ether oxygens (including phenoxy) is 1. The second-order valence-corrected chi connectivity index (χ2v) is 4.55. The number of nitrogens with one attached hydrogen (secondary N) is 2. The van der Waals surface area contributed by atoms with E-state index in [1.54, 1.807) is 24.3 Å². The van der Waals surface area contributed by atoms with Gasteiger partial charge < -0.3 is 15.4 Å². The molecule has 1 amide bonds. The zero-order valence-corrected chi connectivity index (χ0v) is 12.0. The van der Waals surface area contributed by atoms with Crippen LogP contribution in [-0.2, 0) is 4.79 Å². The lowest BCUT2D eigenvalue weighted by Gasteiger charge is -2.10. The van der Waals surface area contributed by atoms with Crippen molar-refractivity contribution in [3.05, 3.63) is 54.1 Å². The minimum atomic E-state index is -0.927. The maximum Gasteiger partial charge on any atom is 0.226 e.